The fourth-order valence-corrected chi connectivity index (χ4v) is 3.30. The van der Waals surface area contributed by atoms with Crippen LogP contribution in [0.5, 0.6) is 5.75 Å². The molecule has 0 aliphatic carbocycles. The molecule has 0 aliphatic rings. The highest BCUT2D eigenvalue weighted by atomic mass is 35.5. The molecule has 0 radical (unpaired) electrons. The molecule has 11 heteroatoms. The van der Waals surface area contributed by atoms with E-state index in [0.717, 1.165) is 12.1 Å². The molecule has 0 atom stereocenters. The van der Waals surface area contributed by atoms with Crippen molar-refractivity contribution in [2.45, 2.75) is 20.6 Å². The number of halogens is 1. The summed E-state index contributed by atoms with van der Waals surface area (Å²) >= 11 is 6.37. The van der Waals surface area contributed by atoms with Crippen LogP contribution in [0.25, 0.3) is 11.6 Å². The quantitative estimate of drug-likeness (QED) is 0.221. The molecule has 2 N–H and O–H groups in total. The molecule has 2 aromatic rings. The molecule has 0 spiro atoms. The number of aromatic nitrogens is 2. The van der Waals surface area contributed by atoms with Gasteiger partial charge in [0, 0.05) is 24.9 Å². The summed E-state index contributed by atoms with van der Waals surface area (Å²) in [6, 6.07) is 3.34. The Morgan fingerprint density at radius 1 is 1.24 bits per heavy atom. The lowest BCUT2D eigenvalue weighted by Crippen LogP contribution is -2.16. The number of anilines is 1. The number of hydrogen-bond donors (Lipinski definition) is 2. The number of methoxy groups -OCH3 is 1. The number of carbonyl (C=O) groups is 2. The average Bonchev–Trinajstić information content (AvgIpc) is 3.20. The van der Waals surface area contributed by atoms with Gasteiger partial charge in [0.1, 0.15) is 24.7 Å². The highest BCUT2D eigenvalue weighted by Gasteiger charge is 2.19. The number of hydrogen-bond acceptors (Lipinski definition) is 8. The molecule has 0 unspecified atom stereocenters. The first kappa shape index (κ1) is 27.3. The van der Waals surface area contributed by atoms with Crippen molar-refractivity contribution < 1.29 is 28.5 Å². The minimum Gasteiger partial charge on any atom is -0.490 e. The standard InChI is InChI=1S/C23H31ClN4O6/c1-5-33-23(30)18-13-27-28(15-31-4)21(18)10-16(2)17-11-22(19(24)12-20(17)26-14-29)34-9-8-32-7-6-25-3/h10-14,25H,5-9,15H2,1-4H3,(H,26,29)/b16-10+. The van der Waals surface area contributed by atoms with Gasteiger partial charge in [-0.1, -0.05) is 11.6 Å². The van der Waals surface area contributed by atoms with Crippen LogP contribution in [-0.2, 0) is 25.7 Å². The van der Waals surface area contributed by atoms with Gasteiger partial charge in [0.2, 0.25) is 6.41 Å². The lowest BCUT2D eigenvalue weighted by atomic mass is 10.0. The van der Waals surface area contributed by atoms with Crippen molar-refractivity contribution in [2.24, 2.45) is 0 Å². The second-order valence-corrected chi connectivity index (χ2v) is 7.47. The minimum atomic E-state index is -0.492. The first-order valence-corrected chi connectivity index (χ1v) is 11.1. The zero-order valence-electron chi connectivity index (χ0n) is 19.9. The number of likely N-dealkylation sites (N-methyl/N-ethyl adjacent to an activating group) is 1. The Morgan fingerprint density at radius 2 is 2.03 bits per heavy atom. The van der Waals surface area contributed by atoms with E-state index < -0.39 is 5.97 Å². The van der Waals surface area contributed by atoms with Crippen LogP contribution in [0.3, 0.4) is 0 Å². The van der Waals surface area contributed by atoms with E-state index in [4.69, 9.17) is 30.5 Å². The number of rotatable bonds is 15. The van der Waals surface area contributed by atoms with Gasteiger partial charge in [-0.05, 0) is 44.7 Å². The summed E-state index contributed by atoms with van der Waals surface area (Å²) < 4.78 is 23.2. The van der Waals surface area contributed by atoms with Crippen molar-refractivity contribution in [1.82, 2.24) is 15.1 Å². The van der Waals surface area contributed by atoms with Crippen LogP contribution in [0.1, 0.15) is 35.5 Å². The molecule has 1 amide bonds. The Bertz CT molecular complexity index is 992. The third kappa shape index (κ3) is 7.56. The maximum absolute atomic E-state index is 12.4. The van der Waals surface area contributed by atoms with E-state index in [9.17, 15) is 9.59 Å². The van der Waals surface area contributed by atoms with Crippen LogP contribution in [0.2, 0.25) is 5.02 Å². The second-order valence-electron chi connectivity index (χ2n) is 7.06. The van der Waals surface area contributed by atoms with Crippen LogP contribution in [0.15, 0.2) is 18.3 Å². The smallest absolute Gasteiger partial charge is 0.341 e. The van der Waals surface area contributed by atoms with E-state index in [2.05, 4.69) is 15.7 Å². The van der Waals surface area contributed by atoms with Gasteiger partial charge < -0.3 is 29.6 Å². The largest absolute Gasteiger partial charge is 0.490 e. The first-order chi connectivity index (χ1) is 16.5. The number of allylic oxidation sites excluding steroid dienone is 1. The Kier molecular flexibility index (Phi) is 11.5. The zero-order valence-corrected chi connectivity index (χ0v) is 20.6. The Hall–Kier alpha value is -2.92. The van der Waals surface area contributed by atoms with Gasteiger partial charge in [-0.2, -0.15) is 5.10 Å². The van der Waals surface area contributed by atoms with Gasteiger partial charge in [0.25, 0.3) is 0 Å². The van der Waals surface area contributed by atoms with Crippen molar-refractivity contribution in [3.8, 4) is 5.75 Å². The highest BCUT2D eigenvalue weighted by molar-refractivity contribution is 6.32. The van der Waals surface area contributed by atoms with E-state index in [0.29, 0.717) is 59.5 Å². The summed E-state index contributed by atoms with van der Waals surface area (Å²) in [6.45, 7) is 5.96. The van der Waals surface area contributed by atoms with Gasteiger partial charge in [0.15, 0.2) is 0 Å². The average molecular weight is 495 g/mol. The summed E-state index contributed by atoms with van der Waals surface area (Å²) in [5.74, 6) is -0.0531. The van der Waals surface area contributed by atoms with Crippen LogP contribution in [-0.4, -0.2) is 69.3 Å². The SMILES string of the molecule is CCOC(=O)c1cnn(COC)c1/C=C(\C)c1cc(OCCOCCNC)c(Cl)cc1NC=O. The van der Waals surface area contributed by atoms with Crippen molar-refractivity contribution >= 4 is 41.3 Å². The number of nitrogens with one attached hydrogen (secondary N) is 2. The number of carbonyl (C=O) groups excluding carboxylic acids is 2. The molecule has 0 saturated carbocycles. The summed E-state index contributed by atoms with van der Waals surface area (Å²) in [4.78, 5) is 23.6. The van der Waals surface area contributed by atoms with Crippen LogP contribution < -0.4 is 15.4 Å². The third-order valence-electron chi connectivity index (χ3n) is 4.67. The number of amides is 1. The number of esters is 1. The molecule has 2 rings (SSSR count). The summed E-state index contributed by atoms with van der Waals surface area (Å²) in [6.07, 6.45) is 3.77. The zero-order chi connectivity index (χ0) is 24.9. The highest BCUT2D eigenvalue weighted by Crippen LogP contribution is 2.35. The van der Waals surface area contributed by atoms with Crippen LogP contribution in [0, 0.1) is 0 Å². The van der Waals surface area contributed by atoms with Crippen molar-refractivity contribution in [2.75, 3.05) is 52.4 Å². The normalized spacial score (nSPS) is 11.4. The molecule has 10 nitrogen and oxygen atoms in total. The lowest BCUT2D eigenvalue weighted by Gasteiger charge is -2.15. The molecule has 1 aromatic heterocycles. The maximum atomic E-state index is 12.4. The Labute approximate surface area is 204 Å². The third-order valence-corrected chi connectivity index (χ3v) is 4.97. The van der Waals surface area contributed by atoms with E-state index in [-0.39, 0.29) is 13.3 Å². The van der Waals surface area contributed by atoms with E-state index >= 15 is 0 Å². The van der Waals surface area contributed by atoms with E-state index in [1.54, 1.807) is 29.8 Å². The van der Waals surface area contributed by atoms with Crippen molar-refractivity contribution in [3.63, 3.8) is 0 Å². The molecular weight excluding hydrogens is 464 g/mol. The van der Waals surface area contributed by atoms with Gasteiger partial charge in [-0.25, -0.2) is 9.48 Å². The first-order valence-electron chi connectivity index (χ1n) is 10.8. The van der Waals surface area contributed by atoms with Gasteiger partial charge in [0.05, 0.1) is 36.7 Å². The Balaban J connectivity index is 2.39. The molecular formula is C23H31ClN4O6. The van der Waals surface area contributed by atoms with Crippen molar-refractivity contribution in [1.29, 1.82) is 0 Å². The number of benzene rings is 1. The van der Waals surface area contributed by atoms with Gasteiger partial charge >= 0.3 is 5.97 Å². The number of nitrogens with zero attached hydrogens (tertiary/aromatic N) is 2. The molecule has 0 aliphatic heterocycles. The van der Waals surface area contributed by atoms with Crippen LogP contribution >= 0.6 is 11.6 Å². The van der Waals surface area contributed by atoms with E-state index in [1.807, 2.05) is 14.0 Å². The van der Waals surface area contributed by atoms with Gasteiger partial charge in [-0.15, -0.1) is 0 Å². The van der Waals surface area contributed by atoms with Gasteiger partial charge in [-0.3, -0.25) is 4.79 Å². The second kappa shape index (κ2) is 14.4. The topological polar surface area (TPSA) is 113 Å². The molecule has 34 heavy (non-hydrogen) atoms. The van der Waals surface area contributed by atoms with Crippen molar-refractivity contribution in [3.05, 3.63) is 40.2 Å². The molecule has 1 aromatic carbocycles. The Morgan fingerprint density at radius 3 is 2.71 bits per heavy atom. The summed E-state index contributed by atoms with van der Waals surface area (Å²) in [7, 11) is 3.38. The lowest BCUT2D eigenvalue weighted by molar-refractivity contribution is -0.105. The molecule has 0 bridgehead atoms. The minimum absolute atomic E-state index is 0.139. The molecule has 1 heterocycles. The predicted octanol–water partition coefficient (Wildman–Crippen LogP) is 3.06. The van der Waals surface area contributed by atoms with Crippen LogP contribution in [0.4, 0.5) is 5.69 Å². The number of ether oxygens (including phenoxy) is 4. The molecule has 0 saturated heterocycles. The van der Waals surface area contributed by atoms with E-state index in [1.165, 1.54) is 13.3 Å². The summed E-state index contributed by atoms with van der Waals surface area (Å²) in [5.41, 5.74) is 2.67. The molecule has 0 fully saturated rings. The fourth-order valence-electron chi connectivity index (χ4n) is 3.08. The molecule has 186 valence electrons. The summed E-state index contributed by atoms with van der Waals surface area (Å²) in [5, 5.41) is 10.2. The predicted molar refractivity (Wildman–Crippen MR) is 130 cm³/mol. The fraction of sp³-hybridized carbons (Fsp3) is 0.435. The maximum Gasteiger partial charge on any atom is 0.341 e. The monoisotopic (exact) mass is 494 g/mol.